The van der Waals surface area contributed by atoms with Crippen molar-refractivity contribution in [2.45, 2.75) is 24.3 Å². The number of hydrogen-bond acceptors (Lipinski definition) is 4. The molecular weight excluding hydrogens is 311 g/mol. The average Bonchev–Trinajstić information content (AvgIpc) is 2.32. The van der Waals surface area contributed by atoms with E-state index >= 15 is 0 Å². The highest BCUT2D eigenvalue weighted by Gasteiger charge is 2.24. The van der Waals surface area contributed by atoms with Gasteiger partial charge in [0.15, 0.2) is 5.82 Å². The number of benzene rings is 1. The molecule has 3 N–H and O–H groups in total. The third-order valence-electron chi connectivity index (χ3n) is 2.50. The molecule has 0 heterocycles. The minimum absolute atomic E-state index is 0.0807. The zero-order valence-corrected chi connectivity index (χ0v) is 13.0. The Morgan fingerprint density at radius 2 is 2.16 bits per heavy atom. The van der Waals surface area contributed by atoms with Crippen molar-refractivity contribution in [1.82, 2.24) is 4.72 Å². The second kappa shape index (κ2) is 6.78. The normalized spacial score (nSPS) is 13.5. The molecule has 0 bridgehead atoms. The van der Waals surface area contributed by atoms with E-state index < -0.39 is 20.7 Å². The molecule has 0 fully saturated rings. The van der Waals surface area contributed by atoms with Gasteiger partial charge in [-0.25, -0.2) is 17.5 Å². The van der Waals surface area contributed by atoms with E-state index in [1.807, 2.05) is 13.2 Å². The van der Waals surface area contributed by atoms with Gasteiger partial charge in [0.1, 0.15) is 4.90 Å². The fourth-order valence-corrected chi connectivity index (χ4v) is 4.07. The summed E-state index contributed by atoms with van der Waals surface area (Å²) in [5.74, 6) is -0.371. The van der Waals surface area contributed by atoms with Crippen LogP contribution in [0.15, 0.2) is 17.0 Å². The first-order chi connectivity index (χ1) is 8.81. The minimum Gasteiger partial charge on any atom is -0.396 e. The molecule has 8 heteroatoms. The van der Waals surface area contributed by atoms with E-state index in [2.05, 4.69) is 4.72 Å². The van der Waals surface area contributed by atoms with Gasteiger partial charge in [-0.15, -0.1) is 0 Å². The largest absolute Gasteiger partial charge is 0.396 e. The van der Waals surface area contributed by atoms with Crippen molar-refractivity contribution in [3.63, 3.8) is 0 Å². The first kappa shape index (κ1) is 16.6. The lowest BCUT2D eigenvalue weighted by Gasteiger charge is -2.16. The highest BCUT2D eigenvalue weighted by Crippen LogP contribution is 2.25. The summed E-state index contributed by atoms with van der Waals surface area (Å²) in [4.78, 5) is -0.517. The number of nitrogens with one attached hydrogen (secondary N) is 1. The van der Waals surface area contributed by atoms with Crippen LogP contribution in [0.5, 0.6) is 0 Å². The van der Waals surface area contributed by atoms with Crippen LogP contribution in [-0.4, -0.2) is 26.5 Å². The maximum atomic E-state index is 13.8. The van der Waals surface area contributed by atoms with Crippen LogP contribution in [0, 0.1) is 5.82 Å². The van der Waals surface area contributed by atoms with Crippen molar-refractivity contribution in [2.24, 2.45) is 0 Å². The summed E-state index contributed by atoms with van der Waals surface area (Å²) in [5.41, 5.74) is 5.10. The van der Waals surface area contributed by atoms with E-state index in [4.69, 9.17) is 17.3 Å². The quantitative estimate of drug-likeness (QED) is 0.788. The first-order valence-electron chi connectivity index (χ1n) is 5.57. The number of halogens is 2. The fraction of sp³-hybridized carbons (Fsp3) is 0.455. The fourth-order valence-electron chi connectivity index (χ4n) is 1.50. The van der Waals surface area contributed by atoms with Crippen LogP contribution in [0.25, 0.3) is 0 Å². The van der Waals surface area contributed by atoms with Gasteiger partial charge in [0, 0.05) is 16.8 Å². The predicted octanol–water partition coefficient (Wildman–Crippen LogP) is 2.48. The second-order valence-electron chi connectivity index (χ2n) is 3.99. The highest BCUT2D eigenvalue weighted by molar-refractivity contribution is 7.98. The van der Waals surface area contributed by atoms with Crippen LogP contribution in [0.4, 0.5) is 10.1 Å². The summed E-state index contributed by atoms with van der Waals surface area (Å²) in [5, 5.41) is 0.0807. The number of nitrogens with two attached hydrogens (primary N) is 1. The number of thioether (sulfide) groups is 1. The molecule has 0 amide bonds. The molecule has 0 aliphatic carbocycles. The van der Waals surface area contributed by atoms with Gasteiger partial charge in [0.05, 0.1) is 5.69 Å². The summed E-state index contributed by atoms with van der Waals surface area (Å²) >= 11 is 7.23. The molecule has 1 atom stereocenters. The lowest BCUT2D eigenvalue weighted by Crippen LogP contribution is -2.36. The van der Waals surface area contributed by atoms with Crippen molar-refractivity contribution in [3.8, 4) is 0 Å². The Balaban J connectivity index is 3.13. The standard InChI is InChI=1S/C11H16ClFN2O2S2/c1-3-8(6-18-2)15-19(16,17)10-5-7(12)4-9(14)11(10)13/h4-5,8,15H,3,6,14H2,1-2H3. The van der Waals surface area contributed by atoms with Crippen molar-refractivity contribution < 1.29 is 12.8 Å². The Morgan fingerprint density at radius 1 is 1.53 bits per heavy atom. The molecule has 0 radical (unpaired) electrons. The van der Waals surface area contributed by atoms with Gasteiger partial charge >= 0.3 is 0 Å². The zero-order chi connectivity index (χ0) is 14.6. The molecule has 0 saturated carbocycles. The van der Waals surface area contributed by atoms with Gasteiger partial charge in [-0.2, -0.15) is 11.8 Å². The highest BCUT2D eigenvalue weighted by atomic mass is 35.5. The Morgan fingerprint density at radius 3 is 2.68 bits per heavy atom. The molecule has 1 unspecified atom stereocenters. The molecule has 19 heavy (non-hydrogen) atoms. The summed E-state index contributed by atoms with van der Waals surface area (Å²) in [6.45, 7) is 1.85. The van der Waals surface area contributed by atoms with Gasteiger partial charge in [0.2, 0.25) is 10.0 Å². The Kier molecular flexibility index (Phi) is 5.91. The molecule has 0 aliphatic rings. The molecule has 108 valence electrons. The lowest BCUT2D eigenvalue weighted by atomic mass is 10.3. The average molecular weight is 327 g/mol. The third kappa shape index (κ3) is 4.24. The van der Waals surface area contributed by atoms with Crippen molar-refractivity contribution in [2.75, 3.05) is 17.7 Å². The Labute approximate surface area is 121 Å². The maximum absolute atomic E-state index is 13.8. The Hall–Kier alpha value is -0.500. The number of sulfonamides is 1. The molecule has 0 aromatic heterocycles. The van der Waals surface area contributed by atoms with Crippen LogP contribution < -0.4 is 10.5 Å². The predicted molar refractivity (Wildman–Crippen MR) is 78.6 cm³/mol. The molecular formula is C11H16ClFN2O2S2. The van der Waals surface area contributed by atoms with E-state index in [0.29, 0.717) is 12.2 Å². The van der Waals surface area contributed by atoms with Crippen LogP contribution >= 0.6 is 23.4 Å². The number of hydrogen-bond donors (Lipinski definition) is 2. The molecule has 1 rings (SSSR count). The van der Waals surface area contributed by atoms with Crippen LogP contribution in [0.3, 0.4) is 0 Å². The third-order valence-corrected chi connectivity index (χ3v) is 4.98. The van der Waals surface area contributed by atoms with Crippen LogP contribution in [-0.2, 0) is 10.0 Å². The smallest absolute Gasteiger partial charge is 0.243 e. The molecule has 4 nitrogen and oxygen atoms in total. The van der Waals surface area contributed by atoms with Gasteiger partial charge in [-0.1, -0.05) is 18.5 Å². The number of rotatable bonds is 6. The van der Waals surface area contributed by atoms with E-state index in [-0.39, 0.29) is 16.8 Å². The zero-order valence-electron chi connectivity index (χ0n) is 10.6. The molecule has 0 aliphatic heterocycles. The van der Waals surface area contributed by atoms with E-state index in [1.54, 1.807) is 0 Å². The van der Waals surface area contributed by atoms with Crippen LogP contribution in [0.2, 0.25) is 5.02 Å². The van der Waals surface area contributed by atoms with Crippen molar-refractivity contribution >= 4 is 39.1 Å². The van der Waals surface area contributed by atoms with Crippen molar-refractivity contribution in [1.29, 1.82) is 0 Å². The minimum atomic E-state index is -3.97. The lowest BCUT2D eigenvalue weighted by molar-refractivity contribution is 0.542. The molecule has 1 aromatic carbocycles. The Bertz CT molecular complexity index is 552. The SMILES string of the molecule is CCC(CSC)NS(=O)(=O)c1cc(Cl)cc(N)c1F. The first-order valence-corrected chi connectivity index (χ1v) is 8.83. The maximum Gasteiger partial charge on any atom is 0.243 e. The monoisotopic (exact) mass is 326 g/mol. The van der Waals surface area contributed by atoms with Gasteiger partial charge in [-0.05, 0) is 24.8 Å². The topological polar surface area (TPSA) is 72.2 Å². The van der Waals surface area contributed by atoms with Gasteiger partial charge in [0.25, 0.3) is 0 Å². The molecule has 0 saturated heterocycles. The number of anilines is 1. The second-order valence-corrected chi connectivity index (χ2v) is 7.02. The summed E-state index contributed by atoms with van der Waals surface area (Å²) in [6, 6.07) is 1.97. The van der Waals surface area contributed by atoms with E-state index in [9.17, 15) is 12.8 Å². The summed E-state index contributed by atoms with van der Waals surface area (Å²) < 4.78 is 40.5. The van der Waals surface area contributed by atoms with Gasteiger partial charge in [-0.3, -0.25) is 0 Å². The number of nitrogen functional groups attached to an aromatic ring is 1. The summed E-state index contributed by atoms with van der Waals surface area (Å²) in [6.07, 6.45) is 2.48. The summed E-state index contributed by atoms with van der Waals surface area (Å²) in [7, 11) is -3.97. The molecule has 0 spiro atoms. The van der Waals surface area contributed by atoms with E-state index in [1.165, 1.54) is 17.8 Å². The van der Waals surface area contributed by atoms with Crippen molar-refractivity contribution in [3.05, 3.63) is 23.0 Å². The molecule has 1 aromatic rings. The van der Waals surface area contributed by atoms with Crippen LogP contribution in [0.1, 0.15) is 13.3 Å². The van der Waals surface area contributed by atoms with Gasteiger partial charge < -0.3 is 5.73 Å². The van der Waals surface area contributed by atoms with E-state index in [0.717, 1.165) is 6.07 Å².